The van der Waals surface area contributed by atoms with Crippen molar-refractivity contribution in [1.29, 1.82) is 0 Å². The Morgan fingerprint density at radius 1 is 0.946 bits per heavy atom. The van der Waals surface area contributed by atoms with Crippen LogP contribution in [0.15, 0.2) is 71.6 Å². The van der Waals surface area contributed by atoms with Crippen molar-refractivity contribution in [3.05, 3.63) is 83.4 Å². The van der Waals surface area contributed by atoms with Crippen LogP contribution in [0.3, 0.4) is 0 Å². The smallest absolute Gasteiger partial charge is 0.416 e. The Morgan fingerprint density at radius 3 is 2.24 bits per heavy atom. The number of carbonyl (C=O) groups is 1. The van der Waals surface area contributed by atoms with E-state index in [1.54, 1.807) is 14.0 Å². The molecule has 1 saturated heterocycles. The van der Waals surface area contributed by atoms with E-state index in [1.807, 2.05) is 24.3 Å². The first kappa shape index (κ1) is 26.5. The molecule has 0 atom stereocenters. The highest BCUT2D eigenvalue weighted by atomic mass is 32.2. The molecule has 1 heterocycles. The third kappa shape index (κ3) is 5.89. The van der Waals surface area contributed by atoms with Gasteiger partial charge >= 0.3 is 6.18 Å². The molecule has 3 aromatic rings. The molecule has 0 aliphatic carbocycles. The zero-order valence-electron chi connectivity index (χ0n) is 20.2. The molecule has 1 aliphatic heterocycles. The van der Waals surface area contributed by atoms with Gasteiger partial charge in [-0.3, -0.25) is 4.79 Å². The van der Waals surface area contributed by atoms with E-state index in [9.17, 15) is 26.4 Å². The van der Waals surface area contributed by atoms with Gasteiger partial charge in [0, 0.05) is 43.1 Å². The highest BCUT2D eigenvalue weighted by Gasteiger charge is 2.31. The first-order valence-electron chi connectivity index (χ1n) is 11.5. The molecule has 3 aromatic carbocycles. The second-order valence-corrected chi connectivity index (χ2v) is 10.5. The summed E-state index contributed by atoms with van der Waals surface area (Å²) in [6.07, 6.45) is -4.55. The van der Waals surface area contributed by atoms with Gasteiger partial charge in [0.2, 0.25) is 10.0 Å². The Balaban J connectivity index is 1.49. The van der Waals surface area contributed by atoms with Crippen LogP contribution < -0.4 is 15.0 Å². The Morgan fingerprint density at radius 2 is 1.62 bits per heavy atom. The van der Waals surface area contributed by atoms with Gasteiger partial charge in [-0.1, -0.05) is 12.1 Å². The summed E-state index contributed by atoms with van der Waals surface area (Å²) in [5.41, 5.74) is 0.583. The van der Waals surface area contributed by atoms with Crippen molar-refractivity contribution in [3.63, 3.8) is 0 Å². The van der Waals surface area contributed by atoms with Crippen LogP contribution in [0.4, 0.5) is 24.5 Å². The summed E-state index contributed by atoms with van der Waals surface area (Å²) in [6.45, 7) is 3.12. The van der Waals surface area contributed by atoms with Gasteiger partial charge in [-0.05, 0) is 67.1 Å². The van der Waals surface area contributed by atoms with E-state index in [1.165, 1.54) is 34.6 Å². The number of benzene rings is 3. The van der Waals surface area contributed by atoms with Crippen LogP contribution in [0.5, 0.6) is 5.75 Å². The van der Waals surface area contributed by atoms with Crippen LogP contribution in [0.25, 0.3) is 0 Å². The lowest BCUT2D eigenvalue weighted by molar-refractivity contribution is -0.137. The number of sulfonamides is 1. The third-order valence-corrected chi connectivity index (χ3v) is 8.11. The van der Waals surface area contributed by atoms with Crippen LogP contribution in [0.2, 0.25) is 0 Å². The van der Waals surface area contributed by atoms with E-state index in [0.717, 1.165) is 23.6 Å². The number of anilines is 2. The molecule has 0 aromatic heterocycles. The lowest BCUT2D eigenvalue weighted by Crippen LogP contribution is -2.48. The minimum atomic E-state index is -4.55. The summed E-state index contributed by atoms with van der Waals surface area (Å²) in [4.78, 5) is 14.9. The minimum Gasteiger partial charge on any atom is -0.497 e. The Labute approximate surface area is 213 Å². The van der Waals surface area contributed by atoms with E-state index >= 15 is 0 Å². The minimum absolute atomic E-state index is 0.0397. The van der Waals surface area contributed by atoms with Crippen LogP contribution in [-0.4, -0.2) is 51.9 Å². The number of nitrogens with zero attached hydrogens (tertiary/aromatic N) is 2. The number of aryl methyl sites for hydroxylation is 1. The number of nitrogens with one attached hydrogen (secondary N) is 1. The third-order valence-electron chi connectivity index (χ3n) is 6.22. The molecule has 0 unspecified atom stereocenters. The second-order valence-electron chi connectivity index (χ2n) is 8.60. The molecule has 4 rings (SSSR count). The van der Waals surface area contributed by atoms with Gasteiger partial charge in [0.1, 0.15) is 5.75 Å². The molecule has 11 heteroatoms. The highest BCUT2D eigenvalue weighted by Crippen LogP contribution is 2.31. The van der Waals surface area contributed by atoms with Gasteiger partial charge in [0.15, 0.2) is 0 Å². The summed E-state index contributed by atoms with van der Waals surface area (Å²) in [6, 6.07) is 16.0. The summed E-state index contributed by atoms with van der Waals surface area (Å²) < 4.78 is 72.3. The normalized spacial score (nSPS) is 14.9. The molecule has 0 saturated carbocycles. The second kappa shape index (κ2) is 10.4. The lowest BCUT2D eigenvalue weighted by atomic mass is 10.1. The van der Waals surface area contributed by atoms with Gasteiger partial charge in [-0.15, -0.1) is 0 Å². The topological polar surface area (TPSA) is 79.0 Å². The molecule has 37 heavy (non-hydrogen) atoms. The summed E-state index contributed by atoms with van der Waals surface area (Å²) in [5, 5.41) is 2.44. The number of alkyl halides is 3. The Kier molecular flexibility index (Phi) is 7.47. The van der Waals surface area contributed by atoms with Gasteiger partial charge in [0.25, 0.3) is 5.91 Å². The predicted octanol–water partition coefficient (Wildman–Crippen LogP) is 4.79. The standard InChI is InChI=1S/C26H26F3N3O4S/c1-18-6-11-23(17-24(18)25(33)30-20-5-3-4-19(16-20)26(27,28)29)37(34,35)32-14-12-31(13-15-32)21-7-9-22(36-2)10-8-21/h3-11,16-17H,12-15H2,1-2H3,(H,30,33). The van der Waals surface area contributed by atoms with Crippen molar-refractivity contribution in [3.8, 4) is 5.75 Å². The van der Waals surface area contributed by atoms with E-state index < -0.39 is 27.7 Å². The molecule has 1 amide bonds. The van der Waals surface area contributed by atoms with Gasteiger partial charge in [-0.25, -0.2) is 8.42 Å². The van der Waals surface area contributed by atoms with Crippen LogP contribution in [-0.2, 0) is 16.2 Å². The number of carbonyl (C=O) groups excluding carboxylic acids is 1. The summed E-state index contributed by atoms with van der Waals surface area (Å²) in [5.74, 6) is 0.0374. The van der Waals surface area contributed by atoms with Crippen LogP contribution in [0, 0.1) is 6.92 Å². The van der Waals surface area contributed by atoms with Crippen molar-refractivity contribution in [1.82, 2.24) is 4.31 Å². The van der Waals surface area contributed by atoms with Gasteiger partial charge in [0.05, 0.1) is 17.6 Å². The highest BCUT2D eigenvalue weighted by molar-refractivity contribution is 7.89. The van der Waals surface area contributed by atoms with Crippen molar-refractivity contribution in [2.75, 3.05) is 43.5 Å². The molecule has 196 valence electrons. The molecule has 0 spiro atoms. The van der Waals surface area contributed by atoms with Crippen molar-refractivity contribution >= 4 is 27.3 Å². The van der Waals surface area contributed by atoms with E-state index in [2.05, 4.69) is 10.2 Å². The number of ether oxygens (including phenoxy) is 1. The lowest BCUT2D eigenvalue weighted by Gasteiger charge is -2.35. The zero-order chi connectivity index (χ0) is 26.8. The fourth-order valence-corrected chi connectivity index (χ4v) is 5.56. The van der Waals surface area contributed by atoms with Gasteiger partial charge in [-0.2, -0.15) is 17.5 Å². The number of hydrogen-bond acceptors (Lipinski definition) is 5. The molecule has 7 nitrogen and oxygen atoms in total. The Hall–Kier alpha value is -3.57. The van der Waals surface area contributed by atoms with E-state index in [4.69, 9.17) is 4.74 Å². The maximum absolute atomic E-state index is 13.3. The number of rotatable bonds is 6. The van der Waals surface area contributed by atoms with Crippen LogP contribution >= 0.6 is 0 Å². The Bertz CT molecular complexity index is 1380. The van der Waals surface area contributed by atoms with E-state index in [-0.39, 0.29) is 29.2 Å². The van der Waals surface area contributed by atoms with Crippen LogP contribution in [0.1, 0.15) is 21.5 Å². The fourth-order valence-electron chi connectivity index (χ4n) is 4.11. The number of piperazine rings is 1. The maximum atomic E-state index is 13.3. The molecule has 1 aliphatic rings. The molecule has 0 radical (unpaired) electrons. The summed E-state index contributed by atoms with van der Waals surface area (Å²) >= 11 is 0. The average Bonchev–Trinajstić information content (AvgIpc) is 2.88. The van der Waals surface area contributed by atoms with E-state index in [0.29, 0.717) is 18.7 Å². The molecular weight excluding hydrogens is 507 g/mol. The zero-order valence-corrected chi connectivity index (χ0v) is 21.1. The van der Waals surface area contributed by atoms with Gasteiger partial charge < -0.3 is 15.0 Å². The maximum Gasteiger partial charge on any atom is 0.416 e. The monoisotopic (exact) mass is 533 g/mol. The largest absolute Gasteiger partial charge is 0.497 e. The van der Waals surface area contributed by atoms with Crippen molar-refractivity contribution in [2.24, 2.45) is 0 Å². The molecular formula is C26H26F3N3O4S. The first-order valence-corrected chi connectivity index (χ1v) is 12.9. The summed E-state index contributed by atoms with van der Waals surface area (Å²) in [7, 11) is -2.30. The van der Waals surface area contributed by atoms with Crippen molar-refractivity contribution < 1.29 is 31.1 Å². The number of methoxy groups -OCH3 is 1. The predicted molar refractivity (Wildman–Crippen MR) is 135 cm³/mol. The SMILES string of the molecule is COc1ccc(N2CCN(S(=O)(=O)c3ccc(C)c(C(=O)Nc4cccc(C(F)(F)F)c4)c3)CC2)cc1. The fraction of sp³-hybridized carbons (Fsp3) is 0.269. The van der Waals surface area contributed by atoms with Crippen molar-refractivity contribution in [2.45, 2.75) is 18.0 Å². The molecule has 1 N–H and O–H groups in total. The number of amides is 1. The average molecular weight is 534 g/mol. The molecule has 1 fully saturated rings. The quantitative estimate of drug-likeness (QED) is 0.493. The first-order chi connectivity index (χ1) is 17.5. The number of halogens is 3. The number of hydrogen-bond donors (Lipinski definition) is 1. The molecule has 0 bridgehead atoms.